The van der Waals surface area contributed by atoms with Crippen LogP contribution in [0.5, 0.6) is 0 Å². The fraction of sp³-hybridized carbons (Fsp3) is 0.360. The molecule has 35 heavy (non-hydrogen) atoms. The highest BCUT2D eigenvalue weighted by Crippen LogP contribution is 2.41. The Labute approximate surface area is 200 Å². The molecule has 2 aliphatic heterocycles. The van der Waals surface area contributed by atoms with Gasteiger partial charge in [0.2, 0.25) is 5.95 Å². The summed E-state index contributed by atoms with van der Waals surface area (Å²) in [5.74, 6) is 0.702. The number of anilines is 3. The SMILES string of the molecule is Cc1nc(NC(=O)N2c3nc(-c4cccc(C(F)(F)F)c4)ccc3N3CC[C@H]2C3)nc2c1CCC2. The minimum absolute atomic E-state index is 0.0951. The number of carbonyl (C=O) groups excluding carboxylic acids is 1. The highest BCUT2D eigenvalue weighted by molar-refractivity contribution is 6.04. The largest absolute Gasteiger partial charge is 0.416 e. The van der Waals surface area contributed by atoms with E-state index in [1.54, 1.807) is 17.0 Å². The van der Waals surface area contributed by atoms with Crippen molar-refractivity contribution in [2.75, 3.05) is 28.2 Å². The molecule has 6 rings (SSSR count). The molecule has 4 heterocycles. The zero-order valence-electron chi connectivity index (χ0n) is 19.1. The van der Waals surface area contributed by atoms with E-state index < -0.39 is 11.7 Å². The summed E-state index contributed by atoms with van der Waals surface area (Å²) < 4.78 is 39.8. The van der Waals surface area contributed by atoms with Gasteiger partial charge in [-0.05, 0) is 62.4 Å². The molecule has 1 atom stereocenters. The number of aromatic nitrogens is 3. The molecule has 3 aliphatic rings. The molecular formula is C25H23F3N6O. The lowest BCUT2D eigenvalue weighted by Crippen LogP contribution is -2.48. The third-order valence-electron chi connectivity index (χ3n) is 7.02. The van der Waals surface area contributed by atoms with Crippen molar-refractivity contribution in [3.8, 4) is 11.3 Å². The molecule has 180 valence electrons. The number of carbonyl (C=O) groups is 1. The maximum Gasteiger partial charge on any atom is 0.416 e. The zero-order valence-corrected chi connectivity index (χ0v) is 19.1. The molecule has 2 bridgehead atoms. The second-order valence-corrected chi connectivity index (χ2v) is 9.22. The fourth-order valence-corrected chi connectivity index (χ4v) is 5.32. The van der Waals surface area contributed by atoms with Crippen molar-refractivity contribution < 1.29 is 18.0 Å². The smallest absolute Gasteiger partial charge is 0.366 e. The van der Waals surface area contributed by atoms with Crippen molar-refractivity contribution in [2.24, 2.45) is 0 Å². The van der Waals surface area contributed by atoms with Crippen molar-refractivity contribution in [3.05, 3.63) is 58.9 Å². The van der Waals surface area contributed by atoms with Crippen LogP contribution in [0.15, 0.2) is 36.4 Å². The summed E-state index contributed by atoms with van der Waals surface area (Å²) in [6.45, 7) is 3.38. The molecule has 2 aromatic heterocycles. The zero-order chi connectivity index (χ0) is 24.3. The average molecular weight is 480 g/mol. The number of halogens is 3. The van der Waals surface area contributed by atoms with Crippen molar-refractivity contribution in [1.29, 1.82) is 0 Å². The fourth-order valence-electron chi connectivity index (χ4n) is 5.32. The maximum absolute atomic E-state index is 13.5. The van der Waals surface area contributed by atoms with E-state index in [0.29, 0.717) is 23.6 Å². The Hall–Kier alpha value is -3.69. The summed E-state index contributed by atoms with van der Waals surface area (Å²) >= 11 is 0. The van der Waals surface area contributed by atoms with Crippen molar-refractivity contribution in [2.45, 2.75) is 44.8 Å². The van der Waals surface area contributed by atoms with E-state index in [1.807, 2.05) is 13.0 Å². The number of rotatable bonds is 2. The second kappa shape index (κ2) is 7.93. The molecule has 3 aromatic rings. The number of benzene rings is 1. The van der Waals surface area contributed by atoms with Crippen molar-refractivity contribution >= 4 is 23.5 Å². The number of urea groups is 1. The van der Waals surface area contributed by atoms with Gasteiger partial charge in [-0.15, -0.1) is 0 Å². The van der Waals surface area contributed by atoms with Crippen LogP contribution in [-0.4, -0.2) is 40.1 Å². The summed E-state index contributed by atoms with van der Waals surface area (Å²) in [5.41, 5.74) is 3.77. The van der Waals surface area contributed by atoms with Crippen LogP contribution in [0.2, 0.25) is 0 Å². The molecule has 0 unspecified atom stereocenters. The van der Waals surface area contributed by atoms with Gasteiger partial charge in [-0.2, -0.15) is 13.2 Å². The summed E-state index contributed by atoms with van der Waals surface area (Å²) in [5, 5.41) is 2.85. The highest BCUT2D eigenvalue weighted by Gasteiger charge is 2.40. The molecule has 10 heteroatoms. The third-order valence-corrected chi connectivity index (χ3v) is 7.02. The number of nitrogens with zero attached hydrogens (tertiary/aromatic N) is 5. The first kappa shape index (κ1) is 21.8. The Bertz CT molecular complexity index is 1340. The average Bonchev–Trinajstić information content (AvgIpc) is 3.47. The van der Waals surface area contributed by atoms with Gasteiger partial charge in [-0.1, -0.05) is 12.1 Å². The number of aryl methyl sites for hydroxylation is 2. The monoisotopic (exact) mass is 480 g/mol. The molecular weight excluding hydrogens is 457 g/mol. The van der Waals surface area contributed by atoms with Gasteiger partial charge in [0.1, 0.15) is 0 Å². The van der Waals surface area contributed by atoms with Gasteiger partial charge in [0, 0.05) is 30.0 Å². The topological polar surface area (TPSA) is 74.2 Å². The molecule has 7 nitrogen and oxygen atoms in total. The Kier molecular flexibility index (Phi) is 4.94. The lowest BCUT2D eigenvalue weighted by Gasteiger charge is -2.35. The first-order valence-corrected chi connectivity index (χ1v) is 11.7. The predicted octanol–water partition coefficient (Wildman–Crippen LogP) is 4.99. The molecule has 0 spiro atoms. The Morgan fingerprint density at radius 2 is 1.97 bits per heavy atom. The third kappa shape index (κ3) is 3.77. The van der Waals surface area contributed by atoms with Crippen LogP contribution < -0.4 is 15.1 Å². The lowest BCUT2D eigenvalue weighted by atomic mass is 10.1. The Morgan fingerprint density at radius 1 is 1.11 bits per heavy atom. The van der Waals surface area contributed by atoms with Gasteiger partial charge < -0.3 is 4.90 Å². The van der Waals surface area contributed by atoms with E-state index in [9.17, 15) is 18.0 Å². The van der Waals surface area contributed by atoms with E-state index >= 15 is 0 Å². The number of nitrogens with one attached hydrogen (secondary N) is 1. The van der Waals surface area contributed by atoms with Gasteiger partial charge in [0.15, 0.2) is 5.82 Å². The lowest BCUT2D eigenvalue weighted by molar-refractivity contribution is -0.137. The molecule has 1 fully saturated rings. The number of hydrogen-bond donors (Lipinski definition) is 1. The Balaban J connectivity index is 1.36. The van der Waals surface area contributed by atoms with Gasteiger partial charge in [0.05, 0.1) is 23.0 Å². The number of pyridine rings is 1. The van der Waals surface area contributed by atoms with Crippen LogP contribution in [0.25, 0.3) is 11.3 Å². The minimum atomic E-state index is -4.45. The van der Waals surface area contributed by atoms with E-state index in [4.69, 9.17) is 0 Å². The van der Waals surface area contributed by atoms with Crippen LogP contribution in [0, 0.1) is 6.92 Å². The number of alkyl halides is 3. The number of amides is 2. The maximum atomic E-state index is 13.5. The van der Waals surface area contributed by atoms with E-state index in [1.165, 1.54) is 6.07 Å². The quantitative estimate of drug-likeness (QED) is 0.560. The molecule has 0 saturated carbocycles. The normalized spacial score (nSPS) is 18.5. The first-order chi connectivity index (χ1) is 16.8. The van der Waals surface area contributed by atoms with Crippen LogP contribution in [0.4, 0.5) is 35.4 Å². The summed E-state index contributed by atoms with van der Waals surface area (Å²) in [4.78, 5) is 31.0. The van der Waals surface area contributed by atoms with Crippen molar-refractivity contribution in [3.63, 3.8) is 0 Å². The van der Waals surface area contributed by atoms with E-state index in [-0.39, 0.29) is 18.0 Å². The van der Waals surface area contributed by atoms with E-state index in [0.717, 1.165) is 67.0 Å². The predicted molar refractivity (Wildman–Crippen MR) is 126 cm³/mol. The number of hydrogen-bond acceptors (Lipinski definition) is 5. The summed E-state index contributed by atoms with van der Waals surface area (Å²) in [6, 6.07) is 8.12. The molecule has 1 saturated heterocycles. The van der Waals surface area contributed by atoms with Crippen LogP contribution in [0.3, 0.4) is 0 Å². The molecule has 1 aliphatic carbocycles. The van der Waals surface area contributed by atoms with Crippen LogP contribution >= 0.6 is 0 Å². The standard InChI is InChI=1S/C25H23F3N6O/c1-14-18-6-3-7-20(18)31-23(29-14)32-24(35)34-17-10-11-33(13-17)21-9-8-19(30-22(21)34)15-4-2-5-16(12-15)25(26,27)28/h2,4-5,8-9,12,17H,3,6-7,10-11,13H2,1H3,(H,29,31,32,35)/t17-/m0/s1. The van der Waals surface area contributed by atoms with Crippen LogP contribution in [0.1, 0.15) is 35.4 Å². The number of fused-ring (bicyclic) bond motifs is 5. The van der Waals surface area contributed by atoms with E-state index in [2.05, 4.69) is 25.2 Å². The molecule has 2 amide bonds. The molecule has 1 N–H and O–H groups in total. The summed E-state index contributed by atoms with van der Waals surface area (Å²) in [6.07, 6.45) is -0.827. The highest BCUT2D eigenvalue weighted by atomic mass is 19.4. The minimum Gasteiger partial charge on any atom is -0.366 e. The molecule has 0 radical (unpaired) electrons. The van der Waals surface area contributed by atoms with Gasteiger partial charge in [0.25, 0.3) is 0 Å². The second-order valence-electron chi connectivity index (χ2n) is 9.22. The first-order valence-electron chi connectivity index (χ1n) is 11.7. The summed E-state index contributed by atoms with van der Waals surface area (Å²) in [7, 11) is 0. The van der Waals surface area contributed by atoms with Gasteiger partial charge in [-0.25, -0.2) is 19.7 Å². The molecule has 1 aromatic carbocycles. The van der Waals surface area contributed by atoms with Crippen LogP contribution in [-0.2, 0) is 19.0 Å². The Morgan fingerprint density at radius 3 is 2.80 bits per heavy atom. The van der Waals surface area contributed by atoms with Gasteiger partial charge in [-0.3, -0.25) is 10.2 Å². The van der Waals surface area contributed by atoms with Gasteiger partial charge >= 0.3 is 12.2 Å². The van der Waals surface area contributed by atoms with Crippen molar-refractivity contribution in [1.82, 2.24) is 15.0 Å².